The van der Waals surface area contributed by atoms with Crippen molar-refractivity contribution >= 4 is 21.7 Å². The van der Waals surface area contributed by atoms with E-state index in [1.54, 1.807) is 4.90 Å². The number of carbonyl (C=O) groups excluding carboxylic acids is 1. The number of sulfone groups is 1. The molecule has 2 aliphatic rings. The molecule has 1 heterocycles. The lowest BCUT2D eigenvalue weighted by molar-refractivity contribution is -0.142. The van der Waals surface area contributed by atoms with Gasteiger partial charge in [-0.3, -0.25) is 9.59 Å². The quantitative estimate of drug-likeness (QED) is 0.766. The number of carboxylic acids is 1. The first-order chi connectivity index (χ1) is 9.28. The van der Waals surface area contributed by atoms with E-state index in [4.69, 9.17) is 0 Å². The van der Waals surface area contributed by atoms with E-state index in [0.29, 0.717) is 18.9 Å². The fourth-order valence-corrected chi connectivity index (χ4v) is 3.61. The molecule has 2 atom stereocenters. The molecule has 0 aromatic rings. The van der Waals surface area contributed by atoms with Gasteiger partial charge in [0.1, 0.15) is 9.84 Å². The van der Waals surface area contributed by atoms with Crippen molar-refractivity contribution in [2.75, 3.05) is 25.1 Å². The van der Waals surface area contributed by atoms with Crippen molar-refractivity contribution in [1.82, 2.24) is 4.90 Å². The molecule has 1 saturated heterocycles. The number of likely N-dealkylation sites (tertiary alicyclic amines) is 1. The first kappa shape index (κ1) is 15.3. The van der Waals surface area contributed by atoms with Gasteiger partial charge in [0.25, 0.3) is 0 Å². The van der Waals surface area contributed by atoms with Crippen LogP contribution in [0.1, 0.15) is 25.7 Å². The minimum atomic E-state index is -3.05. The summed E-state index contributed by atoms with van der Waals surface area (Å²) in [5.41, 5.74) is 0. The Balaban J connectivity index is 1.86. The Bertz CT molecular complexity index is 497. The molecule has 2 rings (SSSR count). The zero-order valence-electron chi connectivity index (χ0n) is 11.6. The lowest BCUT2D eigenvalue weighted by atomic mass is 9.92. The molecular weight excluding hydrogens is 282 g/mol. The third kappa shape index (κ3) is 3.94. The maximum atomic E-state index is 12.0. The van der Waals surface area contributed by atoms with Crippen molar-refractivity contribution < 1.29 is 23.1 Å². The maximum Gasteiger partial charge on any atom is 0.308 e. The second-order valence-electron chi connectivity index (χ2n) is 5.98. The Morgan fingerprint density at radius 2 is 1.90 bits per heavy atom. The van der Waals surface area contributed by atoms with Gasteiger partial charge in [-0.1, -0.05) is 0 Å². The molecule has 2 fully saturated rings. The molecule has 0 radical (unpaired) electrons. The van der Waals surface area contributed by atoms with Crippen molar-refractivity contribution in [3.05, 3.63) is 0 Å². The zero-order valence-corrected chi connectivity index (χ0v) is 12.4. The molecule has 1 amide bonds. The summed E-state index contributed by atoms with van der Waals surface area (Å²) in [6.45, 7) is 0.785. The largest absolute Gasteiger partial charge is 0.481 e. The molecule has 114 valence electrons. The molecule has 1 N–H and O–H groups in total. The highest BCUT2D eigenvalue weighted by Gasteiger charge is 2.46. The molecular formula is C13H21NO5S. The van der Waals surface area contributed by atoms with Crippen LogP contribution in [0.2, 0.25) is 0 Å². The monoisotopic (exact) mass is 303 g/mol. The second-order valence-corrected chi connectivity index (χ2v) is 8.24. The number of amides is 1. The highest BCUT2D eigenvalue weighted by molar-refractivity contribution is 7.90. The van der Waals surface area contributed by atoms with Gasteiger partial charge >= 0.3 is 5.97 Å². The topological polar surface area (TPSA) is 91.8 Å². The SMILES string of the molecule is CS(=O)(=O)CCCC(=O)N1C[C@H](C(=O)O)[C@@H](C2CC2)C1. The number of aliphatic carboxylic acids is 1. The fourth-order valence-electron chi connectivity index (χ4n) is 2.94. The Hall–Kier alpha value is -1.11. The summed E-state index contributed by atoms with van der Waals surface area (Å²) < 4.78 is 22.0. The molecule has 0 aromatic heterocycles. The lowest BCUT2D eigenvalue weighted by Crippen LogP contribution is -2.30. The summed E-state index contributed by atoms with van der Waals surface area (Å²) in [4.78, 5) is 24.9. The van der Waals surface area contributed by atoms with E-state index in [1.165, 1.54) is 0 Å². The third-order valence-electron chi connectivity index (χ3n) is 4.17. The molecule has 1 aliphatic carbocycles. The van der Waals surface area contributed by atoms with Crippen LogP contribution in [0.5, 0.6) is 0 Å². The van der Waals surface area contributed by atoms with Crippen LogP contribution in [0.15, 0.2) is 0 Å². The number of hydrogen-bond acceptors (Lipinski definition) is 4. The van der Waals surface area contributed by atoms with Gasteiger partial charge in [-0.2, -0.15) is 0 Å². The van der Waals surface area contributed by atoms with Crippen molar-refractivity contribution in [2.45, 2.75) is 25.7 Å². The summed E-state index contributed by atoms with van der Waals surface area (Å²) >= 11 is 0. The number of carboxylic acid groups (broad SMARTS) is 1. The molecule has 1 aliphatic heterocycles. The average molecular weight is 303 g/mol. The first-order valence-electron chi connectivity index (χ1n) is 6.96. The van der Waals surface area contributed by atoms with Gasteiger partial charge in [-0.25, -0.2) is 8.42 Å². The summed E-state index contributed by atoms with van der Waals surface area (Å²) in [5, 5.41) is 9.23. The minimum Gasteiger partial charge on any atom is -0.481 e. The number of rotatable bonds is 6. The van der Waals surface area contributed by atoms with Crippen LogP contribution in [0, 0.1) is 17.8 Å². The van der Waals surface area contributed by atoms with Crippen LogP contribution in [0.3, 0.4) is 0 Å². The molecule has 0 spiro atoms. The van der Waals surface area contributed by atoms with Gasteiger partial charge in [0.15, 0.2) is 0 Å². The number of hydrogen-bond donors (Lipinski definition) is 1. The van der Waals surface area contributed by atoms with Gasteiger partial charge in [0, 0.05) is 25.8 Å². The average Bonchev–Trinajstić information content (AvgIpc) is 3.05. The molecule has 0 aromatic carbocycles. The maximum absolute atomic E-state index is 12.0. The van der Waals surface area contributed by atoms with E-state index < -0.39 is 21.7 Å². The Kier molecular flexibility index (Phi) is 4.36. The van der Waals surface area contributed by atoms with E-state index in [2.05, 4.69) is 0 Å². The van der Waals surface area contributed by atoms with Crippen LogP contribution in [-0.4, -0.2) is 55.4 Å². The van der Waals surface area contributed by atoms with Crippen molar-refractivity contribution in [3.63, 3.8) is 0 Å². The van der Waals surface area contributed by atoms with Crippen LogP contribution >= 0.6 is 0 Å². The second kappa shape index (κ2) is 5.71. The number of carbonyl (C=O) groups is 2. The standard InChI is InChI=1S/C13H21NO5S/c1-20(18,19)6-2-3-12(15)14-7-10(9-4-5-9)11(8-14)13(16)17/h9-11H,2-8H2,1H3,(H,16,17)/t10-,11+/m1/s1. The molecule has 6 nitrogen and oxygen atoms in total. The molecule has 0 unspecified atom stereocenters. The van der Waals surface area contributed by atoms with E-state index in [0.717, 1.165) is 19.1 Å². The predicted octanol–water partition coefficient (Wildman–Crippen LogP) is 0.380. The van der Waals surface area contributed by atoms with Gasteiger partial charge in [0.05, 0.1) is 11.7 Å². The zero-order chi connectivity index (χ0) is 14.9. The van der Waals surface area contributed by atoms with Crippen LogP contribution in [0.25, 0.3) is 0 Å². The van der Waals surface area contributed by atoms with E-state index >= 15 is 0 Å². The minimum absolute atomic E-state index is 0.000985. The van der Waals surface area contributed by atoms with E-state index in [9.17, 15) is 23.1 Å². The van der Waals surface area contributed by atoms with Crippen molar-refractivity contribution in [3.8, 4) is 0 Å². The highest BCUT2D eigenvalue weighted by Crippen LogP contribution is 2.44. The summed E-state index contributed by atoms with van der Waals surface area (Å²) in [7, 11) is -3.05. The molecule has 7 heteroatoms. The third-order valence-corrected chi connectivity index (χ3v) is 5.20. The Morgan fingerprint density at radius 1 is 1.25 bits per heavy atom. The van der Waals surface area contributed by atoms with Crippen LogP contribution in [-0.2, 0) is 19.4 Å². The van der Waals surface area contributed by atoms with Gasteiger partial charge < -0.3 is 10.0 Å². The smallest absolute Gasteiger partial charge is 0.308 e. The lowest BCUT2D eigenvalue weighted by Gasteiger charge is -2.16. The van der Waals surface area contributed by atoms with Gasteiger partial charge in [-0.15, -0.1) is 0 Å². The first-order valence-corrected chi connectivity index (χ1v) is 9.02. The van der Waals surface area contributed by atoms with Crippen LogP contribution in [0.4, 0.5) is 0 Å². The molecule has 0 bridgehead atoms. The summed E-state index contributed by atoms with van der Waals surface area (Å²) in [6, 6.07) is 0. The van der Waals surface area contributed by atoms with E-state index in [1.807, 2.05) is 0 Å². The normalized spacial score (nSPS) is 26.8. The van der Waals surface area contributed by atoms with E-state index in [-0.39, 0.29) is 30.5 Å². The van der Waals surface area contributed by atoms with Crippen molar-refractivity contribution in [2.24, 2.45) is 17.8 Å². The molecule has 20 heavy (non-hydrogen) atoms. The highest BCUT2D eigenvalue weighted by atomic mass is 32.2. The summed E-state index contributed by atoms with van der Waals surface area (Å²) in [5.74, 6) is -0.880. The van der Waals surface area contributed by atoms with Gasteiger partial charge in [-0.05, 0) is 31.1 Å². The Labute approximate surface area is 119 Å². The molecule has 1 saturated carbocycles. The van der Waals surface area contributed by atoms with Gasteiger partial charge in [0.2, 0.25) is 5.91 Å². The Morgan fingerprint density at radius 3 is 2.40 bits per heavy atom. The van der Waals surface area contributed by atoms with Crippen molar-refractivity contribution in [1.29, 1.82) is 0 Å². The summed E-state index contributed by atoms with van der Waals surface area (Å²) in [6.07, 6.45) is 3.75. The van der Waals surface area contributed by atoms with Crippen LogP contribution < -0.4 is 0 Å². The fraction of sp³-hybridized carbons (Fsp3) is 0.846. The predicted molar refractivity (Wildman–Crippen MR) is 72.9 cm³/mol. The number of nitrogens with zero attached hydrogens (tertiary/aromatic N) is 1.